The van der Waals surface area contributed by atoms with Crippen LogP contribution in [0, 0.1) is 0 Å². The maximum absolute atomic E-state index is 12.7. The highest BCUT2D eigenvalue weighted by atomic mass is 16.6. The van der Waals surface area contributed by atoms with Crippen molar-refractivity contribution in [2.75, 3.05) is 13.7 Å². The number of fused-ring (bicyclic) bond motifs is 2. The smallest absolute Gasteiger partial charge is 0.308 e. The third-order valence-electron chi connectivity index (χ3n) is 4.31. The molecule has 1 fully saturated rings. The van der Waals surface area contributed by atoms with Crippen LogP contribution in [0.2, 0.25) is 0 Å². The van der Waals surface area contributed by atoms with Gasteiger partial charge in [-0.1, -0.05) is 24.3 Å². The summed E-state index contributed by atoms with van der Waals surface area (Å²) in [4.78, 5) is 36.6. The molecular formula is C15H14O7. The van der Waals surface area contributed by atoms with Crippen LogP contribution in [0.5, 0.6) is 0 Å². The van der Waals surface area contributed by atoms with Crippen LogP contribution in [0.4, 0.5) is 0 Å². The third kappa shape index (κ3) is 1.64. The fourth-order valence-corrected chi connectivity index (χ4v) is 3.04. The Morgan fingerprint density at radius 1 is 1.27 bits per heavy atom. The van der Waals surface area contributed by atoms with Gasteiger partial charge in [-0.3, -0.25) is 14.4 Å². The highest BCUT2D eigenvalue weighted by molar-refractivity contribution is 6.22. The van der Waals surface area contributed by atoms with E-state index >= 15 is 0 Å². The number of hydrogen-bond donors (Lipinski definition) is 2. The molecule has 0 spiro atoms. The van der Waals surface area contributed by atoms with Crippen LogP contribution >= 0.6 is 0 Å². The van der Waals surface area contributed by atoms with E-state index in [-0.39, 0.29) is 11.1 Å². The number of aliphatic hydroxyl groups is 2. The van der Waals surface area contributed by atoms with E-state index in [1.54, 1.807) is 12.1 Å². The van der Waals surface area contributed by atoms with E-state index in [0.29, 0.717) is 0 Å². The Morgan fingerprint density at radius 3 is 2.45 bits per heavy atom. The summed E-state index contributed by atoms with van der Waals surface area (Å²) in [5.74, 6) is -2.35. The zero-order chi connectivity index (χ0) is 16.1. The van der Waals surface area contributed by atoms with Gasteiger partial charge in [0.25, 0.3) is 0 Å². The highest BCUT2D eigenvalue weighted by Gasteiger charge is 2.71. The number of Topliss-reactive ketones (excluding diaryl/α,β-unsaturated/α-hetero) is 2. The molecule has 0 amide bonds. The van der Waals surface area contributed by atoms with Gasteiger partial charge in [-0.2, -0.15) is 0 Å². The maximum atomic E-state index is 12.7. The molecule has 0 unspecified atom stereocenters. The molecule has 0 radical (unpaired) electrons. The van der Waals surface area contributed by atoms with Gasteiger partial charge < -0.3 is 19.7 Å². The Hall–Kier alpha value is -2.09. The van der Waals surface area contributed by atoms with Crippen LogP contribution in [-0.4, -0.2) is 58.8 Å². The summed E-state index contributed by atoms with van der Waals surface area (Å²) in [5.41, 5.74) is -4.88. The Balaban J connectivity index is 2.13. The first kappa shape index (κ1) is 14.8. The molecule has 2 aliphatic rings. The molecule has 1 heterocycles. The minimum Gasteiger partial charge on any atom is -0.469 e. The van der Waals surface area contributed by atoms with Crippen molar-refractivity contribution in [2.45, 2.75) is 23.7 Å². The van der Waals surface area contributed by atoms with Crippen molar-refractivity contribution in [3.05, 3.63) is 35.4 Å². The van der Waals surface area contributed by atoms with E-state index in [1.165, 1.54) is 12.1 Å². The predicted octanol–water partition coefficient (Wildman–Crippen LogP) is -0.510. The van der Waals surface area contributed by atoms with Gasteiger partial charge in [0, 0.05) is 11.1 Å². The standard InChI is InChI=1S/C15H14O7/c1-21-11(16)6-10-15(20)13(18)9-5-3-2-4-8(9)12(17)14(15,19)7-22-10/h2-5,10,19-20H,6-7H2,1H3/t10-,14-,15-/m1/s1. The normalized spacial score (nSPS) is 33.3. The lowest BCUT2D eigenvalue weighted by Crippen LogP contribution is -2.68. The number of carbonyl (C=O) groups excluding carboxylic acids is 3. The van der Waals surface area contributed by atoms with E-state index < -0.39 is 47.9 Å². The van der Waals surface area contributed by atoms with Gasteiger partial charge in [-0.15, -0.1) is 0 Å². The molecule has 0 saturated carbocycles. The van der Waals surface area contributed by atoms with Crippen molar-refractivity contribution in [3.63, 3.8) is 0 Å². The quantitative estimate of drug-likeness (QED) is 0.708. The zero-order valence-corrected chi connectivity index (χ0v) is 11.7. The molecule has 0 aromatic heterocycles. The van der Waals surface area contributed by atoms with Crippen molar-refractivity contribution in [1.82, 2.24) is 0 Å². The summed E-state index contributed by atoms with van der Waals surface area (Å²) in [5, 5.41) is 21.4. The summed E-state index contributed by atoms with van der Waals surface area (Å²) >= 11 is 0. The lowest BCUT2D eigenvalue weighted by atomic mass is 9.66. The van der Waals surface area contributed by atoms with Crippen LogP contribution in [0.25, 0.3) is 0 Å². The van der Waals surface area contributed by atoms with Crippen LogP contribution in [0.15, 0.2) is 24.3 Å². The number of esters is 1. The first-order valence-electron chi connectivity index (χ1n) is 6.68. The Bertz CT molecular complexity index is 682. The molecule has 7 heteroatoms. The first-order valence-corrected chi connectivity index (χ1v) is 6.68. The fourth-order valence-electron chi connectivity index (χ4n) is 3.04. The molecule has 3 atom stereocenters. The molecule has 1 saturated heterocycles. The van der Waals surface area contributed by atoms with Crippen molar-refractivity contribution in [2.24, 2.45) is 0 Å². The molecule has 7 nitrogen and oxygen atoms in total. The van der Waals surface area contributed by atoms with Gasteiger partial charge in [0.1, 0.15) is 6.10 Å². The van der Waals surface area contributed by atoms with Gasteiger partial charge in [-0.25, -0.2) is 0 Å². The molecule has 1 aliphatic heterocycles. The Labute approximate surface area is 125 Å². The van der Waals surface area contributed by atoms with Gasteiger partial charge >= 0.3 is 5.97 Å². The molecule has 1 aliphatic carbocycles. The average Bonchev–Trinajstić information content (AvgIpc) is 2.79. The van der Waals surface area contributed by atoms with Crippen molar-refractivity contribution in [3.8, 4) is 0 Å². The largest absolute Gasteiger partial charge is 0.469 e. The SMILES string of the molecule is COC(=O)C[C@H]1OC[C@@]2(O)C(=O)c3ccccc3C(=O)[C@]12O. The summed E-state index contributed by atoms with van der Waals surface area (Å²) in [6.45, 7) is -0.565. The number of rotatable bonds is 2. The van der Waals surface area contributed by atoms with Crippen LogP contribution in [-0.2, 0) is 14.3 Å². The minimum atomic E-state index is -2.51. The van der Waals surface area contributed by atoms with Crippen LogP contribution in [0.1, 0.15) is 27.1 Å². The molecule has 1 aromatic rings. The lowest BCUT2D eigenvalue weighted by Gasteiger charge is -2.40. The summed E-state index contributed by atoms with van der Waals surface area (Å²) in [6, 6.07) is 5.89. The topological polar surface area (TPSA) is 110 Å². The Morgan fingerprint density at radius 2 is 1.86 bits per heavy atom. The summed E-state index contributed by atoms with van der Waals surface area (Å²) in [7, 11) is 1.15. The second-order valence-corrected chi connectivity index (χ2v) is 5.41. The number of benzene rings is 1. The molecule has 22 heavy (non-hydrogen) atoms. The van der Waals surface area contributed by atoms with Crippen LogP contribution in [0.3, 0.4) is 0 Å². The monoisotopic (exact) mass is 306 g/mol. The molecule has 3 rings (SSSR count). The summed E-state index contributed by atoms with van der Waals surface area (Å²) in [6.07, 6.45) is -1.80. The van der Waals surface area contributed by atoms with E-state index in [9.17, 15) is 24.6 Å². The van der Waals surface area contributed by atoms with Crippen molar-refractivity contribution < 1.29 is 34.1 Å². The van der Waals surface area contributed by atoms with Crippen LogP contribution < -0.4 is 0 Å². The fraction of sp³-hybridized carbons (Fsp3) is 0.400. The number of methoxy groups -OCH3 is 1. The second kappa shape index (κ2) is 4.70. The molecule has 1 aromatic carbocycles. The number of ether oxygens (including phenoxy) is 2. The Kier molecular flexibility index (Phi) is 3.17. The van der Waals surface area contributed by atoms with Gasteiger partial charge in [0.05, 0.1) is 20.1 Å². The molecule has 0 bridgehead atoms. The molecule has 116 valence electrons. The molecule has 2 N–H and O–H groups in total. The van der Waals surface area contributed by atoms with Gasteiger partial charge in [0.2, 0.25) is 11.6 Å². The molecular weight excluding hydrogens is 292 g/mol. The number of hydrogen-bond acceptors (Lipinski definition) is 7. The zero-order valence-electron chi connectivity index (χ0n) is 11.7. The average molecular weight is 306 g/mol. The van der Waals surface area contributed by atoms with E-state index in [0.717, 1.165) is 7.11 Å². The van der Waals surface area contributed by atoms with Gasteiger partial charge in [-0.05, 0) is 0 Å². The van der Waals surface area contributed by atoms with Crippen molar-refractivity contribution in [1.29, 1.82) is 0 Å². The number of ketones is 2. The first-order chi connectivity index (χ1) is 10.4. The summed E-state index contributed by atoms with van der Waals surface area (Å²) < 4.78 is 9.70. The van der Waals surface area contributed by atoms with E-state index in [1.807, 2.05) is 0 Å². The second-order valence-electron chi connectivity index (χ2n) is 5.41. The number of carbonyl (C=O) groups is 3. The predicted molar refractivity (Wildman–Crippen MR) is 71.4 cm³/mol. The highest BCUT2D eigenvalue weighted by Crippen LogP contribution is 2.45. The minimum absolute atomic E-state index is 0.0000378. The lowest BCUT2D eigenvalue weighted by molar-refractivity contribution is -0.146. The van der Waals surface area contributed by atoms with Gasteiger partial charge in [0.15, 0.2) is 11.2 Å². The third-order valence-corrected chi connectivity index (χ3v) is 4.31. The van der Waals surface area contributed by atoms with Crippen molar-refractivity contribution >= 4 is 17.5 Å². The maximum Gasteiger partial charge on any atom is 0.308 e. The van der Waals surface area contributed by atoms with E-state index in [4.69, 9.17) is 4.74 Å². The van der Waals surface area contributed by atoms with E-state index in [2.05, 4.69) is 4.74 Å².